The molecule has 0 saturated heterocycles. The van der Waals surface area contributed by atoms with E-state index in [9.17, 15) is 43.2 Å². The van der Waals surface area contributed by atoms with Crippen LogP contribution in [-0.2, 0) is 65.4 Å². The highest BCUT2D eigenvalue weighted by molar-refractivity contribution is 7.47. The molecule has 0 amide bonds. The molecule has 0 aliphatic heterocycles. The van der Waals surface area contributed by atoms with Crippen LogP contribution in [0.2, 0.25) is 0 Å². The fourth-order valence-electron chi connectivity index (χ4n) is 10.1. The summed E-state index contributed by atoms with van der Waals surface area (Å²) in [6.45, 7) is 4.49. The molecule has 5 atom stereocenters. The van der Waals surface area contributed by atoms with E-state index in [1.54, 1.807) is 0 Å². The minimum Gasteiger partial charge on any atom is -0.462 e. The first-order chi connectivity index (χ1) is 48.7. The Morgan fingerprint density at radius 2 is 0.520 bits per heavy atom. The van der Waals surface area contributed by atoms with Crippen molar-refractivity contribution in [3.8, 4) is 0 Å². The van der Waals surface area contributed by atoms with Gasteiger partial charge in [-0.25, -0.2) is 9.13 Å². The summed E-state index contributed by atoms with van der Waals surface area (Å²) in [5.41, 5.74) is 0. The molecule has 0 spiro atoms. The molecule has 17 nitrogen and oxygen atoms in total. The summed E-state index contributed by atoms with van der Waals surface area (Å²) in [5.74, 6) is -2.22. The molecule has 0 aliphatic rings. The summed E-state index contributed by atoms with van der Waals surface area (Å²) in [6.07, 6.45) is 79.0. The summed E-state index contributed by atoms with van der Waals surface area (Å²) < 4.78 is 68.5. The fourth-order valence-corrected chi connectivity index (χ4v) is 11.7. The predicted octanol–water partition coefficient (Wildman–Crippen LogP) is 22.3. The van der Waals surface area contributed by atoms with Crippen molar-refractivity contribution in [2.24, 2.45) is 0 Å². The number of aliphatic hydroxyl groups excluding tert-OH is 1. The van der Waals surface area contributed by atoms with E-state index < -0.39 is 97.5 Å². The molecule has 0 saturated carbocycles. The molecule has 0 fully saturated rings. The fraction of sp³-hybridized carbons (Fsp3) is 0.704. The van der Waals surface area contributed by atoms with Crippen LogP contribution in [0.25, 0.3) is 0 Å². The first-order valence-electron chi connectivity index (χ1n) is 38.8. The van der Waals surface area contributed by atoms with Gasteiger partial charge in [0.1, 0.15) is 19.3 Å². The molecule has 0 heterocycles. The average molecular weight is 1450 g/mol. The molecule has 5 unspecified atom stereocenters. The topological polar surface area (TPSA) is 237 Å². The van der Waals surface area contributed by atoms with Gasteiger partial charge in [-0.15, -0.1) is 0 Å². The van der Waals surface area contributed by atoms with Crippen molar-refractivity contribution in [1.29, 1.82) is 0 Å². The smallest absolute Gasteiger partial charge is 0.462 e. The molecule has 0 aliphatic carbocycles. The van der Waals surface area contributed by atoms with Crippen LogP contribution in [0.4, 0.5) is 0 Å². The van der Waals surface area contributed by atoms with Crippen molar-refractivity contribution >= 4 is 39.5 Å². The van der Waals surface area contributed by atoms with Crippen molar-refractivity contribution < 1.29 is 80.2 Å². The molecule has 574 valence electrons. The number of rotatable bonds is 72. The number of carbonyl (C=O) groups is 4. The molecule has 0 aromatic rings. The molecule has 0 bridgehead atoms. The zero-order valence-corrected chi connectivity index (χ0v) is 64.4. The van der Waals surface area contributed by atoms with Gasteiger partial charge in [0.25, 0.3) is 0 Å². The van der Waals surface area contributed by atoms with Crippen molar-refractivity contribution in [2.45, 2.75) is 329 Å². The third-order valence-corrected chi connectivity index (χ3v) is 17.8. The minimum atomic E-state index is -4.99. The number of hydrogen-bond donors (Lipinski definition) is 3. The lowest BCUT2D eigenvalue weighted by atomic mass is 10.1. The van der Waals surface area contributed by atoms with Gasteiger partial charge in [-0.3, -0.25) is 37.3 Å². The molecule has 0 radical (unpaired) electrons. The van der Waals surface area contributed by atoms with Gasteiger partial charge in [0.15, 0.2) is 12.2 Å². The van der Waals surface area contributed by atoms with Crippen LogP contribution in [0.3, 0.4) is 0 Å². The minimum absolute atomic E-state index is 0.0699. The lowest BCUT2D eigenvalue weighted by Gasteiger charge is -2.21. The van der Waals surface area contributed by atoms with Crippen LogP contribution in [0, 0.1) is 0 Å². The monoisotopic (exact) mass is 1440 g/mol. The Balaban J connectivity index is 5.35. The Bertz CT molecular complexity index is 2370. The van der Waals surface area contributed by atoms with Crippen LogP contribution in [0.5, 0.6) is 0 Å². The summed E-state index contributed by atoms with van der Waals surface area (Å²) in [6, 6.07) is 0. The third-order valence-electron chi connectivity index (χ3n) is 15.9. The molecule has 3 N–H and O–H groups in total. The Hall–Kier alpha value is -4.54. The highest BCUT2D eigenvalue weighted by Crippen LogP contribution is 2.45. The molecule has 19 heteroatoms. The van der Waals surface area contributed by atoms with E-state index in [0.29, 0.717) is 25.7 Å². The van der Waals surface area contributed by atoms with Gasteiger partial charge in [-0.2, -0.15) is 0 Å². The number of aliphatic hydroxyl groups is 1. The van der Waals surface area contributed by atoms with Crippen LogP contribution in [0.1, 0.15) is 310 Å². The number of ether oxygens (including phenoxy) is 4. The molecular weight excluding hydrogens is 1310 g/mol. The number of carbonyl (C=O) groups excluding carboxylic acids is 4. The van der Waals surface area contributed by atoms with Gasteiger partial charge in [-0.1, -0.05) is 278 Å². The zero-order chi connectivity index (χ0) is 73.2. The molecule has 0 rings (SSSR count). The van der Waals surface area contributed by atoms with Gasteiger partial charge in [0.05, 0.1) is 26.4 Å². The van der Waals surface area contributed by atoms with Crippen molar-refractivity contribution in [2.75, 3.05) is 39.6 Å². The van der Waals surface area contributed by atoms with E-state index >= 15 is 0 Å². The van der Waals surface area contributed by atoms with Crippen LogP contribution in [0.15, 0.2) is 122 Å². The normalized spacial score (nSPS) is 14.6. The van der Waals surface area contributed by atoms with E-state index in [-0.39, 0.29) is 25.7 Å². The summed E-state index contributed by atoms with van der Waals surface area (Å²) >= 11 is 0. The maximum Gasteiger partial charge on any atom is 0.472 e. The zero-order valence-electron chi connectivity index (χ0n) is 62.6. The highest BCUT2D eigenvalue weighted by atomic mass is 31.2. The molecule has 0 aromatic carbocycles. The maximum atomic E-state index is 13.1. The quantitative estimate of drug-likeness (QED) is 0.0169. The Kier molecular flexibility index (Phi) is 69.5. The van der Waals surface area contributed by atoms with Crippen LogP contribution >= 0.6 is 15.6 Å². The highest BCUT2D eigenvalue weighted by Gasteiger charge is 2.30. The molecule has 100 heavy (non-hydrogen) atoms. The summed E-state index contributed by atoms with van der Waals surface area (Å²) in [4.78, 5) is 72.9. The Morgan fingerprint density at radius 1 is 0.290 bits per heavy atom. The van der Waals surface area contributed by atoms with E-state index in [1.807, 2.05) is 0 Å². The Morgan fingerprint density at radius 3 is 0.800 bits per heavy atom. The van der Waals surface area contributed by atoms with E-state index in [0.717, 1.165) is 193 Å². The first-order valence-corrected chi connectivity index (χ1v) is 41.8. The maximum absolute atomic E-state index is 13.1. The standard InChI is InChI=1S/C81H138O17P2/c1-5-9-13-17-21-25-29-32-35-36-37-38-41-43-47-50-54-58-62-66-79(84)92-72-77(98-81(86)68-64-60-56-52-48-44-40-34-31-27-23-19-15-11-7-3)74-96-100(89,90)94-70-75(82)69-93-99(87,88)95-73-76(97-80(85)67-63-59-55-51-45-28-24-20-16-12-8-4)71-91-78(83)65-61-57-53-49-46-42-39-33-30-26-22-18-14-10-6-2/h9-11,13-15,21-23,25-27,32-35,37-40,75-77,82H,5-8,12,16-20,24,28-31,36,41-74H2,1-4H3,(H,87,88)(H,89,90)/b13-9-,14-10-,15-11-,25-21-,26-22-,27-23-,35-32-,38-37-,39-33-,40-34-. The van der Waals surface area contributed by atoms with Gasteiger partial charge < -0.3 is 33.8 Å². The van der Waals surface area contributed by atoms with Gasteiger partial charge >= 0.3 is 39.5 Å². The second-order valence-electron chi connectivity index (χ2n) is 25.5. The second kappa shape index (κ2) is 72.8. The number of esters is 4. The lowest BCUT2D eigenvalue weighted by Crippen LogP contribution is -2.30. The largest absolute Gasteiger partial charge is 0.472 e. The van der Waals surface area contributed by atoms with Gasteiger partial charge in [-0.05, 0) is 128 Å². The van der Waals surface area contributed by atoms with E-state index in [2.05, 4.69) is 149 Å². The number of allylic oxidation sites excluding steroid dienone is 20. The third kappa shape index (κ3) is 71.8. The van der Waals surface area contributed by atoms with Crippen LogP contribution in [-0.4, -0.2) is 96.7 Å². The number of hydrogen-bond acceptors (Lipinski definition) is 15. The molecule has 0 aromatic heterocycles. The van der Waals surface area contributed by atoms with Crippen molar-refractivity contribution in [1.82, 2.24) is 0 Å². The lowest BCUT2D eigenvalue weighted by molar-refractivity contribution is -0.161. The van der Waals surface area contributed by atoms with Crippen molar-refractivity contribution in [3.05, 3.63) is 122 Å². The SMILES string of the molecule is CC/C=C\C/C=C\C/C=C\C/C=C\CCCCCCCCC(=O)OCC(COP(=O)(O)OCC(O)COP(=O)(O)OCC(COC(=O)CCCCCCC/C=C\C/C=C\C/C=C\CC)OC(=O)CCCCCCCCCCCCC)OC(=O)CCCCCCC/C=C\C/C=C\C/C=C\CC. The second-order valence-corrected chi connectivity index (χ2v) is 28.4. The number of phosphoric ester groups is 2. The number of unbranched alkanes of at least 4 members (excludes halogenated alkanes) is 26. The number of phosphoric acid groups is 2. The molecular formula is C81H138O17P2. The average Bonchev–Trinajstić information content (AvgIpc) is 0.985. The van der Waals surface area contributed by atoms with E-state index in [4.69, 9.17) is 37.0 Å². The van der Waals surface area contributed by atoms with Crippen LogP contribution < -0.4 is 0 Å². The van der Waals surface area contributed by atoms with Crippen molar-refractivity contribution in [3.63, 3.8) is 0 Å². The summed E-state index contributed by atoms with van der Waals surface area (Å²) in [7, 11) is -9.96. The van der Waals surface area contributed by atoms with E-state index in [1.165, 1.54) is 38.5 Å². The van der Waals surface area contributed by atoms with Gasteiger partial charge in [0.2, 0.25) is 0 Å². The first kappa shape index (κ1) is 95.5. The Labute approximate surface area is 606 Å². The summed E-state index contributed by atoms with van der Waals surface area (Å²) in [5, 5.41) is 10.6. The van der Waals surface area contributed by atoms with Gasteiger partial charge in [0, 0.05) is 25.7 Å². The predicted molar refractivity (Wildman–Crippen MR) is 408 cm³/mol.